The van der Waals surface area contributed by atoms with Crippen LogP contribution in [0, 0.1) is 6.92 Å². The molecular weight excluding hydrogens is 466 g/mol. The highest BCUT2D eigenvalue weighted by atomic mass is 35.5. The lowest BCUT2D eigenvalue weighted by Crippen LogP contribution is -2.51. The van der Waals surface area contributed by atoms with E-state index in [4.69, 9.17) is 11.6 Å². The fraction of sp³-hybridized carbons (Fsp3) is 0.346. The second kappa shape index (κ2) is 9.26. The van der Waals surface area contributed by atoms with E-state index in [-0.39, 0.29) is 30.9 Å². The van der Waals surface area contributed by atoms with Crippen LogP contribution in [0.1, 0.15) is 17.2 Å². The first kappa shape index (κ1) is 23.2. The summed E-state index contributed by atoms with van der Waals surface area (Å²) in [6, 6.07) is 14.5. The van der Waals surface area contributed by atoms with Crippen LogP contribution >= 0.6 is 11.6 Å². The normalized spacial score (nSPS) is 20.4. The van der Waals surface area contributed by atoms with Crippen molar-refractivity contribution in [1.29, 1.82) is 0 Å². The van der Waals surface area contributed by atoms with Crippen LogP contribution in [0.25, 0.3) is 0 Å². The largest absolute Gasteiger partial charge is 0.368 e. The fourth-order valence-corrected chi connectivity index (χ4v) is 5.32. The Morgan fingerprint density at radius 2 is 1.71 bits per heavy atom. The SMILES string of the molecule is Cc1ccccc1N1CCN(C(=O)CN2CC3=C(C2=O)C(c2ccccc2Cl)NC(=O)N3C)CC1. The van der Waals surface area contributed by atoms with Gasteiger partial charge in [0, 0.05) is 43.9 Å². The van der Waals surface area contributed by atoms with Crippen molar-refractivity contribution >= 4 is 35.1 Å². The molecule has 1 saturated heterocycles. The molecule has 0 aromatic heterocycles. The average Bonchev–Trinajstić information content (AvgIpc) is 3.18. The molecule has 3 heterocycles. The van der Waals surface area contributed by atoms with Gasteiger partial charge in [-0.15, -0.1) is 0 Å². The standard InChI is InChI=1S/C26H28ClN5O3/c1-17-7-3-6-10-20(17)30-11-13-31(14-12-30)22(33)16-32-15-21-23(25(32)34)24(28-26(35)29(21)2)18-8-4-5-9-19(18)27/h3-10,24H,11-16H2,1-2H3,(H,28,35). The number of nitrogens with zero attached hydrogens (tertiary/aromatic N) is 4. The fourth-order valence-electron chi connectivity index (χ4n) is 5.07. The second-order valence-corrected chi connectivity index (χ2v) is 9.55. The predicted molar refractivity (Wildman–Crippen MR) is 134 cm³/mol. The van der Waals surface area contributed by atoms with Crippen LogP contribution in [0.2, 0.25) is 5.02 Å². The maximum atomic E-state index is 13.4. The molecule has 4 amide bonds. The van der Waals surface area contributed by atoms with E-state index in [1.54, 1.807) is 25.2 Å². The number of carbonyl (C=O) groups is 3. The summed E-state index contributed by atoms with van der Waals surface area (Å²) in [5.41, 5.74) is 4.15. The molecule has 8 nitrogen and oxygen atoms in total. The van der Waals surface area contributed by atoms with Crippen LogP contribution in [0.4, 0.5) is 10.5 Å². The molecule has 0 aliphatic carbocycles. The van der Waals surface area contributed by atoms with Crippen LogP contribution in [0.15, 0.2) is 59.8 Å². The molecule has 1 atom stereocenters. The minimum absolute atomic E-state index is 0.0204. The Balaban J connectivity index is 1.28. The first-order chi connectivity index (χ1) is 16.8. The Morgan fingerprint density at radius 3 is 2.43 bits per heavy atom. The number of carbonyl (C=O) groups excluding carboxylic acids is 3. The number of likely N-dealkylation sites (N-methyl/N-ethyl adjacent to an activating group) is 1. The van der Waals surface area contributed by atoms with E-state index >= 15 is 0 Å². The third-order valence-corrected chi connectivity index (χ3v) is 7.41. The number of rotatable bonds is 4. The highest BCUT2D eigenvalue weighted by molar-refractivity contribution is 6.31. The molecular formula is C26H28ClN5O3. The summed E-state index contributed by atoms with van der Waals surface area (Å²) in [5.74, 6) is -0.331. The highest BCUT2D eigenvalue weighted by Gasteiger charge is 2.44. The number of urea groups is 1. The van der Waals surface area contributed by atoms with Gasteiger partial charge in [-0.2, -0.15) is 0 Å². The number of piperazine rings is 1. The molecule has 2 aromatic carbocycles. The lowest BCUT2D eigenvalue weighted by Gasteiger charge is -2.37. The number of halogens is 1. The number of nitrogens with one attached hydrogen (secondary N) is 1. The first-order valence-corrected chi connectivity index (χ1v) is 12.1. The second-order valence-electron chi connectivity index (χ2n) is 9.14. The van der Waals surface area contributed by atoms with Gasteiger partial charge in [-0.1, -0.05) is 48.0 Å². The maximum Gasteiger partial charge on any atom is 0.322 e. The van der Waals surface area contributed by atoms with Crippen molar-refractivity contribution in [1.82, 2.24) is 20.0 Å². The van der Waals surface area contributed by atoms with Crippen LogP contribution in [-0.4, -0.2) is 78.9 Å². The van der Waals surface area contributed by atoms with Gasteiger partial charge in [0.25, 0.3) is 5.91 Å². The van der Waals surface area contributed by atoms with E-state index in [2.05, 4.69) is 29.3 Å². The minimum Gasteiger partial charge on any atom is -0.368 e. The Kier molecular flexibility index (Phi) is 6.15. The third-order valence-electron chi connectivity index (χ3n) is 7.07. The van der Waals surface area contributed by atoms with Gasteiger partial charge in [-0.3, -0.25) is 14.5 Å². The molecule has 35 heavy (non-hydrogen) atoms. The van der Waals surface area contributed by atoms with Crippen LogP contribution in [0.5, 0.6) is 0 Å². The summed E-state index contributed by atoms with van der Waals surface area (Å²) >= 11 is 6.39. The zero-order chi connectivity index (χ0) is 24.7. The predicted octanol–water partition coefficient (Wildman–Crippen LogP) is 2.79. The van der Waals surface area contributed by atoms with Gasteiger partial charge in [-0.05, 0) is 30.2 Å². The average molecular weight is 494 g/mol. The van der Waals surface area contributed by atoms with Crippen LogP contribution in [0.3, 0.4) is 0 Å². The minimum atomic E-state index is -0.646. The summed E-state index contributed by atoms with van der Waals surface area (Å²) < 4.78 is 0. The lowest BCUT2D eigenvalue weighted by atomic mass is 9.96. The third kappa shape index (κ3) is 4.23. The summed E-state index contributed by atoms with van der Waals surface area (Å²) in [7, 11) is 1.64. The summed E-state index contributed by atoms with van der Waals surface area (Å²) in [6.07, 6.45) is 0. The zero-order valence-corrected chi connectivity index (χ0v) is 20.6. The van der Waals surface area contributed by atoms with Gasteiger partial charge in [0.2, 0.25) is 5.91 Å². The number of benzene rings is 2. The van der Waals surface area contributed by atoms with Gasteiger partial charge >= 0.3 is 6.03 Å². The Labute approximate surface area is 209 Å². The molecule has 0 saturated carbocycles. The van der Waals surface area contributed by atoms with Crippen molar-refractivity contribution < 1.29 is 14.4 Å². The van der Waals surface area contributed by atoms with Crippen LogP contribution in [-0.2, 0) is 9.59 Å². The Hall–Kier alpha value is -3.52. The molecule has 0 radical (unpaired) electrons. The monoisotopic (exact) mass is 493 g/mol. The smallest absolute Gasteiger partial charge is 0.322 e. The van der Waals surface area contributed by atoms with Gasteiger partial charge in [0.05, 0.1) is 23.9 Å². The maximum absolute atomic E-state index is 13.4. The quantitative estimate of drug-likeness (QED) is 0.710. The molecule has 3 aliphatic rings. The number of anilines is 1. The molecule has 1 unspecified atom stereocenters. The van der Waals surface area contributed by atoms with Crippen LogP contribution < -0.4 is 10.2 Å². The van der Waals surface area contributed by atoms with Gasteiger partial charge in [0.1, 0.15) is 6.54 Å². The van der Waals surface area contributed by atoms with Gasteiger partial charge in [0.15, 0.2) is 0 Å². The molecule has 1 N–H and O–H groups in total. The van der Waals surface area contributed by atoms with Crippen molar-refractivity contribution in [2.24, 2.45) is 0 Å². The van der Waals surface area contributed by atoms with E-state index < -0.39 is 6.04 Å². The highest BCUT2D eigenvalue weighted by Crippen LogP contribution is 2.38. The lowest BCUT2D eigenvalue weighted by molar-refractivity contribution is -0.137. The molecule has 5 rings (SSSR count). The number of hydrogen-bond donors (Lipinski definition) is 1. The Bertz CT molecular complexity index is 1220. The summed E-state index contributed by atoms with van der Waals surface area (Å²) in [5, 5.41) is 3.36. The van der Waals surface area contributed by atoms with Gasteiger partial charge in [-0.25, -0.2) is 4.79 Å². The van der Waals surface area contributed by atoms with E-state index in [0.717, 1.165) is 13.1 Å². The molecule has 0 bridgehead atoms. The first-order valence-electron chi connectivity index (χ1n) is 11.7. The molecule has 1 fully saturated rings. The number of amides is 4. The number of para-hydroxylation sites is 1. The van der Waals surface area contributed by atoms with E-state index in [9.17, 15) is 14.4 Å². The van der Waals surface area contributed by atoms with Crippen molar-refractivity contribution in [3.8, 4) is 0 Å². The summed E-state index contributed by atoms with van der Waals surface area (Å²) in [4.78, 5) is 46.3. The molecule has 2 aromatic rings. The summed E-state index contributed by atoms with van der Waals surface area (Å²) in [6.45, 7) is 4.98. The Morgan fingerprint density at radius 1 is 1.03 bits per heavy atom. The zero-order valence-electron chi connectivity index (χ0n) is 19.8. The van der Waals surface area contributed by atoms with E-state index in [1.165, 1.54) is 21.1 Å². The van der Waals surface area contributed by atoms with Gasteiger partial charge < -0.3 is 20.0 Å². The molecule has 9 heteroatoms. The number of hydrogen-bond acceptors (Lipinski definition) is 4. The molecule has 182 valence electrons. The van der Waals surface area contributed by atoms with Crippen molar-refractivity contribution in [2.45, 2.75) is 13.0 Å². The molecule has 3 aliphatic heterocycles. The topological polar surface area (TPSA) is 76.2 Å². The molecule has 0 spiro atoms. The van der Waals surface area contributed by atoms with E-state index in [1.807, 2.05) is 23.1 Å². The van der Waals surface area contributed by atoms with Crippen molar-refractivity contribution in [3.63, 3.8) is 0 Å². The van der Waals surface area contributed by atoms with E-state index in [0.29, 0.717) is 34.9 Å². The van der Waals surface area contributed by atoms with Crippen molar-refractivity contribution in [2.75, 3.05) is 51.2 Å². The van der Waals surface area contributed by atoms with Crippen molar-refractivity contribution in [3.05, 3.63) is 76.0 Å². The number of aryl methyl sites for hydroxylation is 1.